The second-order valence-corrected chi connectivity index (χ2v) is 8.00. The van der Waals surface area contributed by atoms with Crippen LogP contribution in [0.25, 0.3) is 22.2 Å². The molecule has 0 atom stereocenters. The van der Waals surface area contributed by atoms with Crippen molar-refractivity contribution >= 4 is 44.4 Å². The first kappa shape index (κ1) is 21.6. The van der Waals surface area contributed by atoms with Crippen molar-refractivity contribution in [2.45, 2.75) is 6.92 Å². The van der Waals surface area contributed by atoms with Crippen LogP contribution < -0.4 is 5.32 Å². The van der Waals surface area contributed by atoms with Crippen LogP contribution in [0.3, 0.4) is 0 Å². The van der Waals surface area contributed by atoms with Gasteiger partial charge in [-0.05, 0) is 61.0 Å². The molecule has 3 aromatic carbocycles. The summed E-state index contributed by atoms with van der Waals surface area (Å²) in [7, 11) is 0. The van der Waals surface area contributed by atoms with Crippen LogP contribution in [-0.2, 0) is 0 Å². The molecule has 0 unspecified atom stereocenters. The first-order valence-electron chi connectivity index (χ1n) is 9.44. The summed E-state index contributed by atoms with van der Waals surface area (Å²) in [4.78, 5) is 28.9. The van der Waals surface area contributed by atoms with Crippen LogP contribution in [0.4, 0.5) is 14.5 Å². The molecule has 0 fully saturated rings. The average Bonchev–Trinajstić information content (AvgIpc) is 2.74. The largest absolute Gasteiger partial charge is 0.478 e. The lowest BCUT2D eigenvalue weighted by Gasteiger charge is -2.15. The molecule has 32 heavy (non-hydrogen) atoms. The van der Waals surface area contributed by atoms with Crippen molar-refractivity contribution in [2.24, 2.45) is 0 Å². The van der Waals surface area contributed by atoms with Crippen molar-refractivity contribution in [3.8, 4) is 11.3 Å². The Labute approximate surface area is 189 Å². The van der Waals surface area contributed by atoms with E-state index in [0.717, 1.165) is 10.5 Å². The first-order valence-corrected chi connectivity index (χ1v) is 10.2. The van der Waals surface area contributed by atoms with Gasteiger partial charge >= 0.3 is 5.97 Å². The van der Waals surface area contributed by atoms with E-state index in [-0.39, 0.29) is 16.8 Å². The number of carbonyl (C=O) groups is 2. The molecule has 5 nitrogen and oxygen atoms in total. The second kappa shape index (κ2) is 8.47. The number of nitrogens with one attached hydrogen (secondary N) is 1. The zero-order chi connectivity index (χ0) is 23.0. The summed E-state index contributed by atoms with van der Waals surface area (Å²) in [5.41, 5.74) is 1.77. The number of anilines is 1. The Bertz CT molecular complexity index is 1410. The lowest BCUT2D eigenvalue weighted by molar-refractivity contribution is 0.0696. The van der Waals surface area contributed by atoms with E-state index in [4.69, 9.17) is 5.11 Å². The van der Waals surface area contributed by atoms with E-state index in [1.807, 2.05) is 0 Å². The number of halogens is 3. The summed E-state index contributed by atoms with van der Waals surface area (Å²) in [6.07, 6.45) is 0. The minimum Gasteiger partial charge on any atom is -0.478 e. The predicted octanol–water partition coefficient (Wildman–Crippen LogP) is 6.20. The van der Waals surface area contributed by atoms with E-state index in [1.165, 1.54) is 24.3 Å². The van der Waals surface area contributed by atoms with Crippen molar-refractivity contribution in [1.82, 2.24) is 4.98 Å². The van der Waals surface area contributed by atoms with Crippen molar-refractivity contribution in [3.63, 3.8) is 0 Å². The zero-order valence-electron chi connectivity index (χ0n) is 16.6. The molecule has 1 amide bonds. The fourth-order valence-corrected chi connectivity index (χ4v) is 3.84. The molecule has 0 saturated carbocycles. The number of nitrogens with zero attached hydrogens (tertiary/aromatic N) is 1. The van der Waals surface area contributed by atoms with Crippen LogP contribution in [0.1, 0.15) is 26.3 Å². The third kappa shape index (κ3) is 4.09. The SMILES string of the molecule is Cc1c(-c2cccc(F)c2)nc2ccc(Br)cc2c1C(=O)Nc1ccc(C(=O)O)cc1F. The summed E-state index contributed by atoms with van der Waals surface area (Å²) in [6.45, 7) is 1.69. The number of hydrogen-bond acceptors (Lipinski definition) is 3. The molecule has 4 aromatic rings. The maximum absolute atomic E-state index is 14.4. The fourth-order valence-electron chi connectivity index (χ4n) is 3.47. The normalized spacial score (nSPS) is 10.9. The van der Waals surface area contributed by atoms with Gasteiger partial charge in [-0.1, -0.05) is 28.1 Å². The summed E-state index contributed by atoms with van der Waals surface area (Å²) in [6, 6.07) is 14.3. The highest BCUT2D eigenvalue weighted by Gasteiger charge is 2.21. The van der Waals surface area contributed by atoms with Crippen LogP contribution in [0.5, 0.6) is 0 Å². The maximum atomic E-state index is 14.4. The Morgan fingerprint density at radius 1 is 1.03 bits per heavy atom. The molecule has 0 saturated heterocycles. The number of amides is 1. The Morgan fingerprint density at radius 2 is 1.81 bits per heavy atom. The van der Waals surface area contributed by atoms with E-state index in [9.17, 15) is 18.4 Å². The Kier molecular flexibility index (Phi) is 5.71. The van der Waals surface area contributed by atoms with Gasteiger partial charge in [-0.2, -0.15) is 0 Å². The Balaban J connectivity index is 1.87. The lowest BCUT2D eigenvalue weighted by Crippen LogP contribution is -2.16. The summed E-state index contributed by atoms with van der Waals surface area (Å²) in [5, 5.41) is 12.0. The molecule has 0 spiro atoms. The molecular formula is C24H15BrF2N2O3. The minimum absolute atomic E-state index is 0.160. The van der Waals surface area contributed by atoms with Crippen molar-refractivity contribution in [3.05, 3.63) is 93.5 Å². The zero-order valence-corrected chi connectivity index (χ0v) is 18.2. The number of rotatable bonds is 4. The Morgan fingerprint density at radius 3 is 2.50 bits per heavy atom. The highest BCUT2D eigenvalue weighted by atomic mass is 79.9. The number of hydrogen-bond donors (Lipinski definition) is 2. The fraction of sp³-hybridized carbons (Fsp3) is 0.0417. The van der Waals surface area contributed by atoms with E-state index < -0.39 is 23.5 Å². The van der Waals surface area contributed by atoms with Gasteiger partial charge in [0.25, 0.3) is 5.91 Å². The first-order chi connectivity index (χ1) is 15.2. The van der Waals surface area contributed by atoms with Crippen LogP contribution in [0.2, 0.25) is 0 Å². The number of benzene rings is 3. The van der Waals surface area contributed by atoms with Gasteiger partial charge in [-0.3, -0.25) is 4.79 Å². The number of carbonyl (C=O) groups excluding carboxylic acids is 1. The number of pyridine rings is 1. The molecule has 1 aromatic heterocycles. The molecular weight excluding hydrogens is 482 g/mol. The smallest absolute Gasteiger partial charge is 0.335 e. The molecule has 160 valence electrons. The van der Waals surface area contributed by atoms with Crippen LogP contribution >= 0.6 is 15.9 Å². The molecule has 8 heteroatoms. The Hall–Kier alpha value is -3.65. The molecule has 1 heterocycles. The van der Waals surface area contributed by atoms with Crippen LogP contribution in [0.15, 0.2) is 65.1 Å². The van der Waals surface area contributed by atoms with E-state index in [1.54, 1.807) is 37.3 Å². The molecule has 0 aliphatic carbocycles. The van der Waals surface area contributed by atoms with E-state index in [2.05, 4.69) is 26.2 Å². The standard InChI is InChI=1S/C24H15BrF2N2O3/c1-12-21(23(30)29-20-7-5-14(24(31)32)10-18(20)27)17-11-15(25)6-8-19(17)28-22(12)13-3-2-4-16(26)9-13/h2-11H,1H3,(H,29,30)(H,31,32). The van der Waals surface area contributed by atoms with E-state index in [0.29, 0.717) is 27.7 Å². The van der Waals surface area contributed by atoms with Gasteiger partial charge in [0.05, 0.1) is 28.0 Å². The number of carboxylic acid groups (broad SMARTS) is 1. The maximum Gasteiger partial charge on any atom is 0.335 e. The highest BCUT2D eigenvalue weighted by Crippen LogP contribution is 2.32. The van der Waals surface area contributed by atoms with Gasteiger partial charge in [-0.25, -0.2) is 18.6 Å². The third-order valence-corrected chi connectivity index (χ3v) is 5.47. The number of carboxylic acids is 1. The summed E-state index contributed by atoms with van der Waals surface area (Å²) in [5.74, 6) is -3.19. The van der Waals surface area contributed by atoms with Gasteiger partial charge in [-0.15, -0.1) is 0 Å². The second-order valence-electron chi connectivity index (χ2n) is 7.09. The van der Waals surface area contributed by atoms with Crippen molar-refractivity contribution in [2.75, 3.05) is 5.32 Å². The van der Waals surface area contributed by atoms with Gasteiger partial charge in [0, 0.05) is 15.4 Å². The molecule has 0 bridgehead atoms. The number of aromatic nitrogens is 1. The summed E-state index contributed by atoms with van der Waals surface area (Å²) < 4.78 is 29.0. The van der Waals surface area contributed by atoms with Crippen LogP contribution in [0, 0.1) is 18.6 Å². The van der Waals surface area contributed by atoms with E-state index >= 15 is 0 Å². The number of aromatic carboxylic acids is 1. The van der Waals surface area contributed by atoms with Crippen molar-refractivity contribution < 1.29 is 23.5 Å². The molecule has 4 rings (SSSR count). The van der Waals surface area contributed by atoms with Crippen molar-refractivity contribution in [1.29, 1.82) is 0 Å². The highest BCUT2D eigenvalue weighted by molar-refractivity contribution is 9.10. The van der Waals surface area contributed by atoms with Gasteiger partial charge in [0.2, 0.25) is 0 Å². The number of fused-ring (bicyclic) bond motifs is 1. The van der Waals surface area contributed by atoms with Crippen LogP contribution in [-0.4, -0.2) is 22.0 Å². The summed E-state index contributed by atoms with van der Waals surface area (Å²) >= 11 is 3.39. The molecule has 0 aliphatic heterocycles. The topological polar surface area (TPSA) is 79.3 Å². The predicted molar refractivity (Wildman–Crippen MR) is 121 cm³/mol. The van der Waals surface area contributed by atoms with Gasteiger partial charge < -0.3 is 10.4 Å². The monoisotopic (exact) mass is 496 g/mol. The molecule has 0 radical (unpaired) electrons. The quantitative estimate of drug-likeness (QED) is 0.352. The average molecular weight is 497 g/mol. The molecule has 2 N–H and O–H groups in total. The third-order valence-electron chi connectivity index (χ3n) is 4.98. The minimum atomic E-state index is -1.28. The lowest BCUT2D eigenvalue weighted by atomic mass is 9.97. The van der Waals surface area contributed by atoms with Gasteiger partial charge in [0.1, 0.15) is 11.6 Å². The van der Waals surface area contributed by atoms with Gasteiger partial charge in [0.15, 0.2) is 0 Å². The molecule has 0 aliphatic rings.